The van der Waals surface area contributed by atoms with Crippen molar-refractivity contribution < 1.29 is 14.6 Å². The molecule has 1 unspecified atom stereocenters. The molecule has 3 aromatic heterocycles. The summed E-state index contributed by atoms with van der Waals surface area (Å²) in [6.45, 7) is 7.47. The maximum absolute atomic E-state index is 12.6. The number of carboxylic acid groups (broad SMARTS) is 1. The number of fused-ring (bicyclic) bond motifs is 2. The second-order valence-electron chi connectivity index (χ2n) is 11.1. The molecule has 0 radical (unpaired) electrons. The van der Waals surface area contributed by atoms with Crippen molar-refractivity contribution in [1.29, 1.82) is 0 Å². The number of carboxylic acids is 1. The number of thiazole rings is 1. The third-order valence-corrected chi connectivity index (χ3v) is 8.34. The first-order chi connectivity index (χ1) is 20.0. The van der Waals surface area contributed by atoms with E-state index < -0.39 is 17.7 Å². The number of hydrogen-bond donors (Lipinski definition) is 1. The molecule has 0 saturated carbocycles. The third kappa shape index (κ3) is 5.15. The molecule has 0 fully saturated rings. The predicted molar refractivity (Wildman–Crippen MR) is 167 cm³/mol. The monoisotopic (exact) mass is 597 g/mol. The lowest BCUT2D eigenvalue weighted by Crippen LogP contribution is -2.28. The van der Waals surface area contributed by atoms with Crippen LogP contribution in [0, 0.1) is 6.92 Å². The highest BCUT2D eigenvalue weighted by Crippen LogP contribution is 2.45. The molecule has 8 nitrogen and oxygen atoms in total. The number of aromatic nitrogens is 5. The number of halogens is 1. The van der Waals surface area contributed by atoms with E-state index in [-0.39, 0.29) is 0 Å². The van der Waals surface area contributed by atoms with Crippen molar-refractivity contribution in [3.8, 4) is 33.0 Å². The molecule has 0 amide bonds. The average molecular weight is 598 g/mol. The number of rotatable bonds is 6. The van der Waals surface area contributed by atoms with Crippen LogP contribution >= 0.6 is 22.9 Å². The summed E-state index contributed by atoms with van der Waals surface area (Å²) >= 11 is 7.75. The van der Waals surface area contributed by atoms with E-state index >= 15 is 0 Å². The van der Waals surface area contributed by atoms with Gasteiger partial charge in [-0.15, -0.1) is 11.3 Å². The standard InChI is InChI=1S/C32H28ClN5O3S/c1-17-12-23-29(26(18-6-9-21(33)10-7-18)25(17)28(31(39)40)41-32(2,3)4)42-30(36-23)19-8-11-24-22(13-19)27(37-38(24)5)20-14-34-16-35-15-20/h6-16,28H,1-5H3,(H,39,40). The average Bonchev–Trinajstić information content (AvgIpc) is 3.52. The highest BCUT2D eigenvalue weighted by Gasteiger charge is 2.32. The van der Waals surface area contributed by atoms with Crippen LogP contribution in [0.1, 0.15) is 38.0 Å². The number of carbonyl (C=O) groups is 1. The SMILES string of the molecule is Cc1cc2nc(-c3ccc4c(c3)c(-c3cncnc3)nn4C)sc2c(-c2ccc(Cl)cc2)c1C(OC(C)(C)C)C(=O)O. The number of hydrogen-bond acceptors (Lipinski definition) is 7. The second kappa shape index (κ2) is 10.6. The highest BCUT2D eigenvalue weighted by molar-refractivity contribution is 7.22. The minimum absolute atomic E-state index is 0.597. The minimum atomic E-state index is -1.17. The zero-order chi connectivity index (χ0) is 29.8. The number of ether oxygens (including phenoxy) is 1. The molecule has 0 aliphatic heterocycles. The van der Waals surface area contributed by atoms with Crippen molar-refractivity contribution in [3.63, 3.8) is 0 Å². The van der Waals surface area contributed by atoms with E-state index in [9.17, 15) is 9.90 Å². The van der Waals surface area contributed by atoms with Gasteiger partial charge < -0.3 is 9.84 Å². The van der Waals surface area contributed by atoms with Crippen LogP contribution in [0.4, 0.5) is 0 Å². The van der Waals surface area contributed by atoms with Crippen molar-refractivity contribution in [3.05, 3.63) is 83.4 Å². The van der Waals surface area contributed by atoms with E-state index in [0.717, 1.165) is 59.6 Å². The Hall–Kier alpha value is -4.18. The number of aliphatic carboxylic acids is 1. The van der Waals surface area contributed by atoms with Gasteiger partial charge in [0.1, 0.15) is 17.0 Å². The van der Waals surface area contributed by atoms with Crippen LogP contribution in [0.15, 0.2) is 67.3 Å². The van der Waals surface area contributed by atoms with E-state index in [1.54, 1.807) is 12.4 Å². The topological polar surface area (TPSA) is 103 Å². The molecule has 6 aromatic rings. The molecule has 10 heteroatoms. The summed E-state index contributed by atoms with van der Waals surface area (Å²) in [6.07, 6.45) is 3.82. The highest BCUT2D eigenvalue weighted by atomic mass is 35.5. The zero-order valence-corrected chi connectivity index (χ0v) is 25.3. The molecule has 0 saturated heterocycles. The first kappa shape index (κ1) is 28.0. The quantitative estimate of drug-likeness (QED) is 0.208. The maximum Gasteiger partial charge on any atom is 0.337 e. The van der Waals surface area contributed by atoms with Gasteiger partial charge in [0, 0.05) is 52.1 Å². The van der Waals surface area contributed by atoms with Gasteiger partial charge >= 0.3 is 5.97 Å². The lowest BCUT2D eigenvalue weighted by atomic mass is 9.91. The normalized spacial score (nSPS) is 12.7. The van der Waals surface area contributed by atoms with E-state index in [1.807, 2.05) is 81.9 Å². The molecule has 3 heterocycles. The van der Waals surface area contributed by atoms with Gasteiger partial charge in [0.25, 0.3) is 0 Å². The summed E-state index contributed by atoms with van der Waals surface area (Å²) in [6, 6.07) is 15.5. The van der Waals surface area contributed by atoms with Crippen molar-refractivity contribution in [2.24, 2.45) is 7.05 Å². The number of nitrogens with zero attached hydrogens (tertiary/aromatic N) is 5. The van der Waals surface area contributed by atoms with Gasteiger partial charge in [-0.1, -0.05) is 23.7 Å². The molecule has 0 aliphatic carbocycles. The Labute approximate surface area is 251 Å². The van der Waals surface area contributed by atoms with E-state index in [2.05, 4.69) is 16.0 Å². The van der Waals surface area contributed by atoms with E-state index in [0.29, 0.717) is 10.6 Å². The largest absolute Gasteiger partial charge is 0.479 e. The van der Waals surface area contributed by atoms with E-state index in [1.165, 1.54) is 17.7 Å². The Morgan fingerprint density at radius 1 is 1.02 bits per heavy atom. The summed E-state index contributed by atoms with van der Waals surface area (Å²) in [5, 5.41) is 17.4. The Morgan fingerprint density at radius 2 is 1.71 bits per heavy atom. The number of aryl methyl sites for hydroxylation is 2. The molecule has 1 N–H and O–H groups in total. The van der Waals surface area contributed by atoms with Crippen LogP contribution in [0.2, 0.25) is 5.02 Å². The van der Waals surface area contributed by atoms with Crippen LogP contribution in [0.5, 0.6) is 0 Å². The molecule has 0 spiro atoms. The molecule has 6 rings (SSSR count). The lowest BCUT2D eigenvalue weighted by molar-refractivity contribution is -0.160. The summed E-state index contributed by atoms with van der Waals surface area (Å²) in [4.78, 5) is 26.0. The first-order valence-corrected chi connectivity index (χ1v) is 14.5. The Balaban J connectivity index is 1.59. The molecular formula is C32H28ClN5O3S. The van der Waals surface area contributed by atoms with Gasteiger partial charge in [0.2, 0.25) is 0 Å². The fourth-order valence-corrected chi connectivity index (χ4v) is 6.44. The van der Waals surface area contributed by atoms with E-state index in [4.69, 9.17) is 26.4 Å². The minimum Gasteiger partial charge on any atom is -0.479 e. The Morgan fingerprint density at radius 3 is 2.38 bits per heavy atom. The van der Waals surface area contributed by atoms with Gasteiger partial charge in [0.15, 0.2) is 6.10 Å². The summed E-state index contributed by atoms with van der Waals surface area (Å²) in [7, 11) is 1.91. The predicted octanol–water partition coefficient (Wildman–Crippen LogP) is 7.88. The summed E-state index contributed by atoms with van der Waals surface area (Å²) < 4.78 is 8.85. The van der Waals surface area contributed by atoms with Crippen LogP contribution in [0.25, 0.3) is 54.1 Å². The number of benzene rings is 3. The Bertz CT molecular complexity index is 1960. The molecular weight excluding hydrogens is 570 g/mol. The van der Waals surface area contributed by atoms with Gasteiger partial charge in [-0.25, -0.2) is 19.7 Å². The van der Waals surface area contributed by atoms with Crippen LogP contribution in [-0.4, -0.2) is 41.4 Å². The van der Waals surface area contributed by atoms with Crippen molar-refractivity contribution in [2.45, 2.75) is 39.4 Å². The molecule has 42 heavy (non-hydrogen) atoms. The fourth-order valence-electron chi connectivity index (χ4n) is 5.20. The smallest absolute Gasteiger partial charge is 0.337 e. The molecule has 0 bridgehead atoms. The van der Waals surface area contributed by atoms with Crippen molar-refractivity contribution in [2.75, 3.05) is 0 Å². The lowest BCUT2D eigenvalue weighted by Gasteiger charge is -2.28. The van der Waals surface area contributed by atoms with Gasteiger partial charge in [-0.2, -0.15) is 5.10 Å². The molecule has 212 valence electrons. The van der Waals surface area contributed by atoms with Gasteiger partial charge in [-0.3, -0.25) is 4.68 Å². The zero-order valence-electron chi connectivity index (χ0n) is 23.7. The Kier molecular flexibility index (Phi) is 7.04. The van der Waals surface area contributed by atoms with Crippen LogP contribution in [0.3, 0.4) is 0 Å². The maximum atomic E-state index is 12.6. The second-order valence-corrected chi connectivity index (χ2v) is 12.6. The summed E-state index contributed by atoms with van der Waals surface area (Å²) in [5.74, 6) is -1.05. The molecule has 1 atom stereocenters. The third-order valence-electron chi connectivity index (χ3n) is 6.95. The molecule has 0 aliphatic rings. The molecule has 3 aromatic carbocycles. The fraction of sp³-hybridized carbons (Fsp3) is 0.219. The van der Waals surface area contributed by atoms with Crippen LogP contribution in [-0.2, 0) is 16.6 Å². The summed E-state index contributed by atoms with van der Waals surface area (Å²) in [5.41, 5.74) is 6.65. The van der Waals surface area contributed by atoms with Crippen LogP contribution < -0.4 is 0 Å². The van der Waals surface area contributed by atoms with Crippen molar-refractivity contribution >= 4 is 50.0 Å². The van der Waals surface area contributed by atoms with Crippen molar-refractivity contribution in [1.82, 2.24) is 24.7 Å². The van der Waals surface area contributed by atoms with Gasteiger partial charge in [-0.05, 0) is 75.2 Å². The first-order valence-electron chi connectivity index (χ1n) is 13.3. The van der Waals surface area contributed by atoms with Gasteiger partial charge in [0.05, 0.1) is 21.3 Å².